The monoisotopic (exact) mass is 255 g/mol. The zero-order valence-corrected chi connectivity index (χ0v) is 10.9. The van der Waals surface area contributed by atoms with Crippen molar-refractivity contribution < 1.29 is 4.79 Å². The third-order valence-electron chi connectivity index (χ3n) is 3.54. The minimum Gasteiger partial charge on any atom is -0.357 e. The highest BCUT2D eigenvalue weighted by Gasteiger charge is 2.37. The van der Waals surface area contributed by atoms with Gasteiger partial charge in [-0.3, -0.25) is 9.78 Å². The first-order chi connectivity index (χ1) is 9.27. The van der Waals surface area contributed by atoms with E-state index in [4.69, 9.17) is 0 Å². The Morgan fingerprint density at radius 3 is 2.79 bits per heavy atom. The van der Waals surface area contributed by atoms with Crippen LogP contribution in [-0.2, 0) is 0 Å². The number of amides is 1. The molecule has 0 saturated heterocycles. The van der Waals surface area contributed by atoms with E-state index in [0.717, 1.165) is 18.5 Å². The summed E-state index contributed by atoms with van der Waals surface area (Å²) < 4.78 is 0. The van der Waals surface area contributed by atoms with Crippen molar-refractivity contribution >= 4 is 5.91 Å². The zero-order valence-electron chi connectivity index (χ0n) is 10.9. The largest absolute Gasteiger partial charge is 0.357 e. The predicted molar refractivity (Wildman–Crippen MR) is 72.6 cm³/mol. The molecule has 98 valence electrons. The Labute approximate surface area is 112 Å². The van der Waals surface area contributed by atoms with Crippen LogP contribution in [0.15, 0.2) is 42.7 Å². The van der Waals surface area contributed by atoms with Crippen molar-refractivity contribution in [2.75, 3.05) is 0 Å². The van der Waals surface area contributed by atoms with Crippen LogP contribution in [0.4, 0.5) is 0 Å². The molecular formula is C15H17N3O. The molecule has 1 fully saturated rings. The van der Waals surface area contributed by atoms with E-state index >= 15 is 0 Å². The second kappa shape index (κ2) is 4.88. The highest BCUT2D eigenvalue weighted by atomic mass is 16.2. The van der Waals surface area contributed by atoms with E-state index in [1.54, 1.807) is 12.4 Å². The van der Waals surface area contributed by atoms with E-state index in [0.29, 0.717) is 11.7 Å². The van der Waals surface area contributed by atoms with E-state index in [2.05, 4.69) is 9.97 Å². The molecule has 1 N–H and O–H groups in total. The molecule has 0 spiro atoms. The van der Waals surface area contributed by atoms with Crippen molar-refractivity contribution in [3.8, 4) is 0 Å². The van der Waals surface area contributed by atoms with Crippen LogP contribution in [0.2, 0.25) is 0 Å². The van der Waals surface area contributed by atoms with Crippen LogP contribution >= 0.6 is 0 Å². The highest BCUT2D eigenvalue weighted by molar-refractivity contribution is 5.93. The van der Waals surface area contributed by atoms with Gasteiger partial charge in [0.25, 0.3) is 5.91 Å². The molecule has 1 aliphatic rings. The van der Waals surface area contributed by atoms with E-state index in [9.17, 15) is 4.79 Å². The zero-order chi connectivity index (χ0) is 13.2. The molecule has 1 amide bonds. The fraction of sp³-hybridized carbons (Fsp3) is 0.333. The third kappa shape index (κ3) is 2.38. The molecule has 0 bridgehead atoms. The minimum atomic E-state index is 0.00417. The lowest BCUT2D eigenvalue weighted by Crippen LogP contribution is -2.36. The van der Waals surface area contributed by atoms with E-state index in [-0.39, 0.29) is 11.9 Å². The molecule has 3 rings (SSSR count). The first-order valence-corrected chi connectivity index (χ1v) is 6.64. The van der Waals surface area contributed by atoms with Crippen molar-refractivity contribution in [3.63, 3.8) is 0 Å². The number of aromatic nitrogens is 2. The number of nitrogens with one attached hydrogen (secondary N) is 1. The Hall–Kier alpha value is -2.10. The quantitative estimate of drug-likeness (QED) is 0.913. The summed E-state index contributed by atoms with van der Waals surface area (Å²) in [5.41, 5.74) is 1.59. The molecule has 1 saturated carbocycles. The number of hydrogen-bond acceptors (Lipinski definition) is 2. The van der Waals surface area contributed by atoms with Gasteiger partial charge in [-0.05, 0) is 44.0 Å². The summed E-state index contributed by atoms with van der Waals surface area (Å²) in [4.78, 5) is 21.9. The van der Waals surface area contributed by atoms with Gasteiger partial charge in [0.15, 0.2) is 0 Å². The molecule has 4 heteroatoms. The Bertz CT molecular complexity index is 546. The first-order valence-electron chi connectivity index (χ1n) is 6.64. The topological polar surface area (TPSA) is 49.0 Å². The van der Waals surface area contributed by atoms with Gasteiger partial charge in [0.05, 0.1) is 11.7 Å². The number of aromatic amines is 1. The van der Waals surface area contributed by atoms with Crippen LogP contribution in [0.5, 0.6) is 0 Å². The maximum absolute atomic E-state index is 12.6. The first kappa shape index (κ1) is 12.0. The van der Waals surface area contributed by atoms with Gasteiger partial charge in [-0.1, -0.05) is 6.07 Å². The van der Waals surface area contributed by atoms with Gasteiger partial charge in [-0.25, -0.2) is 0 Å². The molecule has 2 aromatic heterocycles. The van der Waals surface area contributed by atoms with Gasteiger partial charge < -0.3 is 9.88 Å². The summed E-state index contributed by atoms with van der Waals surface area (Å²) in [6.07, 6.45) is 5.73. The standard InChI is InChI=1S/C15H17N3O/c1-11(13-5-2-3-9-16-13)18(12-7-8-12)15(19)14-6-4-10-17-14/h2-6,9-12,17H,7-8H2,1H3. The van der Waals surface area contributed by atoms with Crippen LogP contribution in [0.1, 0.15) is 42.0 Å². The number of nitrogens with zero attached hydrogens (tertiary/aromatic N) is 2. The normalized spacial score (nSPS) is 16.1. The molecule has 0 aliphatic heterocycles. The van der Waals surface area contributed by atoms with Crippen molar-refractivity contribution in [2.45, 2.75) is 31.8 Å². The smallest absolute Gasteiger partial charge is 0.271 e. The lowest BCUT2D eigenvalue weighted by atomic mass is 10.1. The van der Waals surface area contributed by atoms with Gasteiger partial charge in [0.1, 0.15) is 5.69 Å². The molecule has 0 aromatic carbocycles. The molecule has 0 radical (unpaired) electrons. The maximum Gasteiger partial charge on any atom is 0.271 e. The number of hydrogen-bond donors (Lipinski definition) is 1. The summed E-state index contributed by atoms with van der Waals surface area (Å²) in [5.74, 6) is 0.0608. The van der Waals surface area contributed by atoms with Crippen molar-refractivity contribution in [1.29, 1.82) is 0 Å². The van der Waals surface area contributed by atoms with Crippen LogP contribution in [0.25, 0.3) is 0 Å². The summed E-state index contributed by atoms with van der Waals surface area (Å²) in [6, 6.07) is 9.86. The summed E-state index contributed by atoms with van der Waals surface area (Å²) in [5, 5.41) is 0. The van der Waals surface area contributed by atoms with Gasteiger partial charge in [0.2, 0.25) is 0 Å². The van der Waals surface area contributed by atoms with Crippen LogP contribution in [-0.4, -0.2) is 26.8 Å². The lowest BCUT2D eigenvalue weighted by molar-refractivity contribution is 0.0665. The van der Waals surface area contributed by atoms with Gasteiger partial charge in [-0.2, -0.15) is 0 Å². The van der Waals surface area contributed by atoms with Gasteiger partial charge in [-0.15, -0.1) is 0 Å². The maximum atomic E-state index is 12.6. The molecule has 19 heavy (non-hydrogen) atoms. The number of pyridine rings is 1. The molecule has 2 aromatic rings. The molecule has 1 aliphatic carbocycles. The minimum absolute atomic E-state index is 0.00417. The lowest BCUT2D eigenvalue weighted by Gasteiger charge is -2.28. The summed E-state index contributed by atoms with van der Waals surface area (Å²) >= 11 is 0. The fourth-order valence-electron chi connectivity index (χ4n) is 2.38. The molecular weight excluding hydrogens is 238 g/mol. The van der Waals surface area contributed by atoms with Crippen LogP contribution in [0.3, 0.4) is 0 Å². The Kier molecular flexibility index (Phi) is 3.07. The SMILES string of the molecule is CC(c1ccccn1)N(C(=O)c1ccc[nH]1)C1CC1. The molecule has 2 heterocycles. The third-order valence-corrected chi connectivity index (χ3v) is 3.54. The Morgan fingerprint density at radius 2 is 2.21 bits per heavy atom. The molecule has 1 unspecified atom stereocenters. The molecule has 1 atom stereocenters. The number of H-pyrrole nitrogens is 1. The number of carbonyl (C=O) groups is 1. The van der Waals surface area contributed by atoms with Crippen LogP contribution < -0.4 is 0 Å². The van der Waals surface area contributed by atoms with E-state index < -0.39 is 0 Å². The summed E-state index contributed by atoms with van der Waals surface area (Å²) in [6.45, 7) is 2.04. The Balaban J connectivity index is 1.87. The average Bonchev–Trinajstić information content (AvgIpc) is 3.12. The van der Waals surface area contributed by atoms with Gasteiger partial charge >= 0.3 is 0 Å². The van der Waals surface area contributed by atoms with Crippen LogP contribution in [0, 0.1) is 0 Å². The fourth-order valence-corrected chi connectivity index (χ4v) is 2.38. The second-order valence-corrected chi connectivity index (χ2v) is 4.96. The van der Waals surface area contributed by atoms with E-state index in [1.807, 2.05) is 42.2 Å². The highest BCUT2D eigenvalue weighted by Crippen LogP contribution is 2.34. The van der Waals surface area contributed by atoms with Crippen molar-refractivity contribution in [1.82, 2.24) is 14.9 Å². The van der Waals surface area contributed by atoms with Crippen molar-refractivity contribution in [3.05, 3.63) is 54.1 Å². The van der Waals surface area contributed by atoms with Gasteiger partial charge in [0, 0.05) is 18.4 Å². The second-order valence-electron chi connectivity index (χ2n) is 4.96. The van der Waals surface area contributed by atoms with Crippen molar-refractivity contribution in [2.24, 2.45) is 0 Å². The summed E-state index contributed by atoms with van der Waals surface area (Å²) in [7, 11) is 0. The van der Waals surface area contributed by atoms with E-state index in [1.165, 1.54) is 0 Å². The predicted octanol–water partition coefficient (Wildman–Crippen LogP) is 2.78. The molecule has 4 nitrogen and oxygen atoms in total. The number of carbonyl (C=O) groups excluding carboxylic acids is 1. The average molecular weight is 255 g/mol. The Morgan fingerprint density at radius 1 is 1.37 bits per heavy atom. The number of rotatable bonds is 4.